The fourth-order valence-corrected chi connectivity index (χ4v) is 5.03. The van der Waals surface area contributed by atoms with E-state index in [1.165, 1.54) is 12.1 Å². The van der Waals surface area contributed by atoms with Crippen molar-refractivity contribution in [2.24, 2.45) is 5.41 Å². The van der Waals surface area contributed by atoms with Gasteiger partial charge in [-0.1, -0.05) is 0 Å². The number of nitrogens with zero attached hydrogens (tertiary/aromatic N) is 3. The number of amides is 1. The van der Waals surface area contributed by atoms with Gasteiger partial charge in [-0.2, -0.15) is 0 Å². The Morgan fingerprint density at radius 1 is 1.04 bits per heavy atom. The molecule has 6 heteroatoms. The highest BCUT2D eigenvalue weighted by Crippen LogP contribution is 2.41. The predicted octanol–water partition coefficient (Wildman–Crippen LogP) is 2.88. The molecule has 4 nitrogen and oxygen atoms in total. The zero-order valence-corrected chi connectivity index (χ0v) is 15.4. The molecule has 4 rings (SSSR count). The van der Waals surface area contributed by atoms with Gasteiger partial charge in [0.1, 0.15) is 0 Å². The molecule has 3 fully saturated rings. The van der Waals surface area contributed by atoms with Crippen LogP contribution in [-0.2, 0) is 4.79 Å². The van der Waals surface area contributed by atoms with Crippen molar-refractivity contribution < 1.29 is 13.6 Å². The van der Waals surface area contributed by atoms with Crippen molar-refractivity contribution in [1.82, 2.24) is 9.80 Å². The van der Waals surface area contributed by atoms with Crippen molar-refractivity contribution in [3.8, 4) is 0 Å². The van der Waals surface area contributed by atoms with Gasteiger partial charge in [-0.05, 0) is 50.8 Å². The van der Waals surface area contributed by atoms with Crippen LogP contribution >= 0.6 is 0 Å². The van der Waals surface area contributed by atoms with Gasteiger partial charge in [0.15, 0.2) is 11.6 Å². The van der Waals surface area contributed by atoms with Gasteiger partial charge < -0.3 is 9.80 Å². The summed E-state index contributed by atoms with van der Waals surface area (Å²) in [6.45, 7) is 4.44. The van der Waals surface area contributed by atoms with Gasteiger partial charge in [0.2, 0.25) is 5.91 Å². The molecule has 1 atom stereocenters. The topological polar surface area (TPSA) is 26.8 Å². The minimum atomic E-state index is -0.798. The number of halogens is 2. The van der Waals surface area contributed by atoms with Gasteiger partial charge in [-0.25, -0.2) is 8.78 Å². The van der Waals surface area contributed by atoms with E-state index >= 15 is 0 Å². The van der Waals surface area contributed by atoms with Crippen LogP contribution in [0.4, 0.5) is 14.5 Å². The largest absolute Gasteiger partial charge is 0.371 e. The third-order valence-corrected chi connectivity index (χ3v) is 6.58. The Labute approximate surface area is 153 Å². The van der Waals surface area contributed by atoms with E-state index in [0.717, 1.165) is 70.5 Å². The fourth-order valence-electron chi connectivity index (χ4n) is 5.03. The molecule has 1 unspecified atom stereocenters. The normalized spacial score (nSPS) is 28.3. The molecule has 3 heterocycles. The monoisotopic (exact) mass is 363 g/mol. The molecule has 0 saturated carbocycles. The van der Waals surface area contributed by atoms with E-state index in [0.29, 0.717) is 11.9 Å². The number of likely N-dealkylation sites (tertiary alicyclic amines) is 2. The van der Waals surface area contributed by atoms with E-state index in [1.807, 2.05) is 11.9 Å². The van der Waals surface area contributed by atoms with E-state index in [9.17, 15) is 13.6 Å². The molecule has 142 valence electrons. The maximum Gasteiger partial charge on any atom is 0.229 e. The lowest BCUT2D eigenvalue weighted by Crippen LogP contribution is -2.50. The van der Waals surface area contributed by atoms with Crippen LogP contribution in [0.15, 0.2) is 18.2 Å². The molecule has 3 saturated heterocycles. The zero-order chi connectivity index (χ0) is 18.3. The number of carbonyl (C=O) groups excluding carboxylic acids is 1. The Morgan fingerprint density at radius 2 is 1.81 bits per heavy atom. The van der Waals surface area contributed by atoms with Crippen molar-refractivity contribution >= 4 is 11.6 Å². The number of benzene rings is 1. The van der Waals surface area contributed by atoms with Gasteiger partial charge in [0, 0.05) is 51.0 Å². The van der Waals surface area contributed by atoms with Crippen LogP contribution in [0.2, 0.25) is 0 Å². The first kappa shape index (κ1) is 17.7. The van der Waals surface area contributed by atoms with Crippen LogP contribution in [0.3, 0.4) is 0 Å². The molecule has 0 bridgehead atoms. The standard InChI is InChI=1S/C20H27F2N3O/c1-23-9-2-7-20(19(23)26)8-12-25(14-20)15-5-10-24(11-6-15)16-3-4-17(21)18(22)13-16/h3-4,13,15H,2,5-12,14H2,1H3. The first-order chi connectivity index (χ1) is 12.5. The number of rotatable bonds is 2. The minimum Gasteiger partial charge on any atom is -0.371 e. The summed E-state index contributed by atoms with van der Waals surface area (Å²) in [4.78, 5) is 19.2. The molecule has 1 spiro atoms. The lowest BCUT2D eigenvalue weighted by Gasteiger charge is -2.40. The molecular weight excluding hydrogens is 336 g/mol. The van der Waals surface area contributed by atoms with Crippen LogP contribution < -0.4 is 4.90 Å². The Morgan fingerprint density at radius 3 is 2.54 bits per heavy atom. The summed E-state index contributed by atoms with van der Waals surface area (Å²) in [5.41, 5.74) is 0.592. The van der Waals surface area contributed by atoms with Crippen molar-refractivity contribution in [3.05, 3.63) is 29.8 Å². The van der Waals surface area contributed by atoms with E-state index in [-0.39, 0.29) is 5.41 Å². The van der Waals surface area contributed by atoms with E-state index in [2.05, 4.69) is 9.80 Å². The van der Waals surface area contributed by atoms with Crippen LogP contribution in [-0.4, -0.2) is 61.5 Å². The number of carbonyl (C=O) groups is 1. The first-order valence-corrected chi connectivity index (χ1v) is 9.68. The van der Waals surface area contributed by atoms with Gasteiger partial charge in [-0.15, -0.1) is 0 Å². The summed E-state index contributed by atoms with van der Waals surface area (Å²) < 4.78 is 26.6. The molecule has 1 aromatic rings. The summed E-state index contributed by atoms with van der Waals surface area (Å²) in [5, 5.41) is 0. The highest BCUT2D eigenvalue weighted by atomic mass is 19.2. The van der Waals surface area contributed by atoms with Crippen molar-refractivity contribution in [1.29, 1.82) is 0 Å². The first-order valence-electron chi connectivity index (χ1n) is 9.68. The lowest BCUT2D eigenvalue weighted by molar-refractivity contribution is -0.144. The molecule has 0 N–H and O–H groups in total. The smallest absolute Gasteiger partial charge is 0.229 e. The van der Waals surface area contributed by atoms with Crippen LogP contribution in [0.5, 0.6) is 0 Å². The minimum absolute atomic E-state index is 0.162. The second-order valence-electron chi connectivity index (χ2n) is 8.15. The van der Waals surface area contributed by atoms with E-state index < -0.39 is 11.6 Å². The van der Waals surface area contributed by atoms with Crippen molar-refractivity contribution in [2.75, 3.05) is 44.7 Å². The molecule has 1 amide bonds. The molecule has 3 aliphatic heterocycles. The van der Waals surface area contributed by atoms with E-state index in [1.54, 1.807) is 6.07 Å². The summed E-state index contributed by atoms with van der Waals surface area (Å²) in [6, 6.07) is 4.62. The average Bonchev–Trinajstić information content (AvgIpc) is 3.07. The second kappa shape index (κ2) is 6.80. The molecule has 3 aliphatic rings. The Kier molecular flexibility index (Phi) is 4.63. The molecule has 1 aromatic carbocycles. The van der Waals surface area contributed by atoms with Crippen LogP contribution in [0, 0.1) is 17.0 Å². The summed E-state index contributed by atoms with van der Waals surface area (Å²) >= 11 is 0. The van der Waals surface area contributed by atoms with Gasteiger partial charge in [-0.3, -0.25) is 9.69 Å². The Hall–Kier alpha value is -1.69. The predicted molar refractivity (Wildman–Crippen MR) is 97.1 cm³/mol. The maximum atomic E-state index is 13.5. The van der Waals surface area contributed by atoms with Gasteiger partial charge in [0.25, 0.3) is 0 Å². The maximum absolute atomic E-state index is 13.5. The average molecular weight is 363 g/mol. The summed E-state index contributed by atoms with van der Waals surface area (Å²) in [5.74, 6) is -1.26. The van der Waals surface area contributed by atoms with Crippen molar-refractivity contribution in [2.45, 2.75) is 38.1 Å². The number of anilines is 1. The fraction of sp³-hybridized carbons (Fsp3) is 0.650. The summed E-state index contributed by atoms with van der Waals surface area (Å²) in [7, 11) is 1.92. The molecule has 0 radical (unpaired) electrons. The molecule has 0 aliphatic carbocycles. The number of hydrogen-bond acceptors (Lipinski definition) is 3. The highest BCUT2D eigenvalue weighted by Gasteiger charge is 2.48. The molecular formula is C20H27F2N3O. The third kappa shape index (κ3) is 3.08. The van der Waals surface area contributed by atoms with Gasteiger partial charge >= 0.3 is 0 Å². The number of hydrogen-bond donors (Lipinski definition) is 0. The summed E-state index contributed by atoms with van der Waals surface area (Å²) in [6.07, 6.45) is 5.09. The molecule has 26 heavy (non-hydrogen) atoms. The zero-order valence-electron chi connectivity index (χ0n) is 15.4. The van der Waals surface area contributed by atoms with Crippen LogP contribution in [0.1, 0.15) is 32.1 Å². The van der Waals surface area contributed by atoms with Gasteiger partial charge in [0.05, 0.1) is 5.41 Å². The Balaban J connectivity index is 1.37. The Bertz CT molecular complexity index is 690. The van der Waals surface area contributed by atoms with Crippen LogP contribution in [0.25, 0.3) is 0 Å². The lowest BCUT2D eigenvalue weighted by atomic mass is 9.78. The molecule has 0 aromatic heterocycles. The van der Waals surface area contributed by atoms with Crippen molar-refractivity contribution in [3.63, 3.8) is 0 Å². The second-order valence-corrected chi connectivity index (χ2v) is 8.15. The third-order valence-electron chi connectivity index (χ3n) is 6.58. The number of piperidine rings is 2. The van der Waals surface area contributed by atoms with E-state index in [4.69, 9.17) is 0 Å². The highest BCUT2D eigenvalue weighted by molar-refractivity contribution is 5.83. The SMILES string of the molecule is CN1CCCC2(CCN(C3CCN(c4ccc(F)c(F)c4)CC3)C2)C1=O. The quantitative estimate of drug-likeness (QED) is 0.808.